The van der Waals surface area contributed by atoms with Gasteiger partial charge in [0.15, 0.2) is 0 Å². The van der Waals surface area contributed by atoms with Crippen LogP contribution < -0.4 is 5.32 Å². The Bertz CT molecular complexity index is 318. The molecule has 1 aliphatic carbocycles. The zero-order valence-corrected chi connectivity index (χ0v) is 11.2. The van der Waals surface area contributed by atoms with Crippen LogP contribution in [-0.4, -0.2) is 6.54 Å². The van der Waals surface area contributed by atoms with E-state index < -0.39 is 0 Å². The molecule has 0 radical (unpaired) electrons. The Morgan fingerprint density at radius 1 is 1.18 bits per heavy atom. The van der Waals surface area contributed by atoms with E-state index in [1.165, 1.54) is 37.7 Å². The molecule has 1 saturated carbocycles. The van der Waals surface area contributed by atoms with Crippen molar-refractivity contribution in [3.8, 4) is 0 Å². The lowest BCUT2D eigenvalue weighted by Gasteiger charge is -2.26. The lowest BCUT2D eigenvalue weighted by Crippen LogP contribution is -2.20. The molecular formula is C16H25N. The summed E-state index contributed by atoms with van der Waals surface area (Å²) < 4.78 is 0. The van der Waals surface area contributed by atoms with Gasteiger partial charge in [-0.2, -0.15) is 0 Å². The van der Waals surface area contributed by atoms with Gasteiger partial charge in [0.25, 0.3) is 0 Å². The van der Waals surface area contributed by atoms with Gasteiger partial charge in [-0.15, -0.1) is 0 Å². The molecular weight excluding hydrogens is 206 g/mol. The van der Waals surface area contributed by atoms with E-state index in [0.717, 1.165) is 12.5 Å². The van der Waals surface area contributed by atoms with E-state index in [4.69, 9.17) is 0 Å². The van der Waals surface area contributed by atoms with Gasteiger partial charge in [0.2, 0.25) is 0 Å². The minimum Gasteiger partial charge on any atom is -0.310 e. The molecule has 1 heteroatoms. The molecule has 0 heterocycles. The molecule has 1 fully saturated rings. The summed E-state index contributed by atoms with van der Waals surface area (Å²) in [5.41, 5.74) is 3.00. The first kappa shape index (κ1) is 12.6. The van der Waals surface area contributed by atoms with Crippen LogP contribution in [0.15, 0.2) is 24.3 Å². The van der Waals surface area contributed by atoms with E-state index in [0.29, 0.717) is 6.04 Å². The molecule has 1 N–H and O–H groups in total. The van der Waals surface area contributed by atoms with Crippen molar-refractivity contribution in [2.24, 2.45) is 0 Å². The Kier molecular flexibility index (Phi) is 4.61. The van der Waals surface area contributed by atoms with Crippen molar-refractivity contribution in [2.45, 2.75) is 57.9 Å². The molecule has 0 amide bonds. The zero-order valence-electron chi connectivity index (χ0n) is 11.2. The van der Waals surface area contributed by atoms with E-state index in [1.807, 2.05) is 0 Å². The van der Waals surface area contributed by atoms with Gasteiger partial charge < -0.3 is 5.32 Å². The maximum absolute atomic E-state index is 3.58. The molecule has 1 nitrogen and oxygen atoms in total. The second-order valence-electron chi connectivity index (χ2n) is 5.19. The van der Waals surface area contributed by atoms with Crippen LogP contribution in [0.4, 0.5) is 0 Å². The van der Waals surface area contributed by atoms with Crippen molar-refractivity contribution in [1.82, 2.24) is 5.32 Å². The third kappa shape index (κ3) is 3.10. The summed E-state index contributed by atoms with van der Waals surface area (Å²) >= 11 is 0. The van der Waals surface area contributed by atoms with Gasteiger partial charge in [0.05, 0.1) is 0 Å². The number of hydrogen-bond donors (Lipinski definition) is 1. The second-order valence-corrected chi connectivity index (χ2v) is 5.19. The maximum Gasteiger partial charge on any atom is 0.0320 e. The molecule has 1 atom stereocenters. The SMILES string of the molecule is CCCC(NCC)c1ccc(C2CCC2)cc1. The van der Waals surface area contributed by atoms with E-state index in [9.17, 15) is 0 Å². The number of benzene rings is 1. The minimum absolute atomic E-state index is 0.542. The predicted molar refractivity (Wildman–Crippen MR) is 74.4 cm³/mol. The first-order chi connectivity index (χ1) is 8.35. The highest BCUT2D eigenvalue weighted by molar-refractivity contribution is 5.28. The molecule has 1 aliphatic rings. The van der Waals surface area contributed by atoms with Crippen molar-refractivity contribution in [1.29, 1.82) is 0 Å². The van der Waals surface area contributed by atoms with Gasteiger partial charge in [0, 0.05) is 6.04 Å². The van der Waals surface area contributed by atoms with Gasteiger partial charge in [-0.25, -0.2) is 0 Å². The lowest BCUT2D eigenvalue weighted by molar-refractivity contribution is 0.419. The van der Waals surface area contributed by atoms with Crippen molar-refractivity contribution in [2.75, 3.05) is 6.54 Å². The Labute approximate surface area is 106 Å². The van der Waals surface area contributed by atoms with Crippen LogP contribution in [0.25, 0.3) is 0 Å². The van der Waals surface area contributed by atoms with E-state index in [-0.39, 0.29) is 0 Å². The Balaban J connectivity index is 2.03. The standard InChI is InChI=1S/C16H25N/c1-3-6-16(17-4-2)15-11-9-14(10-12-15)13-7-5-8-13/h9-13,16-17H,3-8H2,1-2H3. The first-order valence-electron chi connectivity index (χ1n) is 7.18. The van der Waals surface area contributed by atoms with E-state index in [1.54, 1.807) is 5.56 Å². The first-order valence-corrected chi connectivity index (χ1v) is 7.18. The highest BCUT2D eigenvalue weighted by Crippen LogP contribution is 2.36. The average molecular weight is 231 g/mol. The highest BCUT2D eigenvalue weighted by atomic mass is 14.9. The molecule has 0 spiro atoms. The predicted octanol–water partition coefficient (Wildman–Crippen LogP) is 4.40. The minimum atomic E-state index is 0.542. The Morgan fingerprint density at radius 3 is 2.35 bits per heavy atom. The van der Waals surface area contributed by atoms with Gasteiger partial charge in [-0.3, -0.25) is 0 Å². The van der Waals surface area contributed by atoms with E-state index in [2.05, 4.69) is 43.4 Å². The van der Waals surface area contributed by atoms with Crippen molar-refractivity contribution in [3.63, 3.8) is 0 Å². The van der Waals surface area contributed by atoms with Crippen molar-refractivity contribution < 1.29 is 0 Å². The van der Waals surface area contributed by atoms with Crippen molar-refractivity contribution >= 4 is 0 Å². The molecule has 17 heavy (non-hydrogen) atoms. The summed E-state index contributed by atoms with van der Waals surface area (Å²) in [7, 11) is 0. The van der Waals surface area contributed by atoms with E-state index >= 15 is 0 Å². The quantitative estimate of drug-likeness (QED) is 0.765. The fourth-order valence-corrected chi connectivity index (χ4v) is 2.66. The van der Waals surface area contributed by atoms with Crippen LogP contribution in [-0.2, 0) is 0 Å². The molecule has 1 aromatic carbocycles. The fourth-order valence-electron chi connectivity index (χ4n) is 2.66. The summed E-state index contributed by atoms with van der Waals surface area (Å²) in [6.07, 6.45) is 6.68. The molecule has 0 bridgehead atoms. The van der Waals surface area contributed by atoms with Crippen molar-refractivity contribution in [3.05, 3.63) is 35.4 Å². The van der Waals surface area contributed by atoms with Gasteiger partial charge in [-0.05, 0) is 42.9 Å². The zero-order chi connectivity index (χ0) is 12.1. The largest absolute Gasteiger partial charge is 0.310 e. The molecule has 0 aliphatic heterocycles. The average Bonchev–Trinajstić information content (AvgIpc) is 2.28. The number of rotatable bonds is 6. The Morgan fingerprint density at radius 2 is 1.88 bits per heavy atom. The third-order valence-corrected chi connectivity index (χ3v) is 3.94. The molecule has 0 saturated heterocycles. The Hall–Kier alpha value is -0.820. The monoisotopic (exact) mass is 231 g/mol. The summed E-state index contributed by atoms with van der Waals surface area (Å²) in [6, 6.07) is 9.89. The normalized spacial score (nSPS) is 17.8. The summed E-state index contributed by atoms with van der Waals surface area (Å²) in [4.78, 5) is 0. The van der Waals surface area contributed by atoms with Crippen LogP contribution in [0.2, 0.25) is 0 Å². The summed E-state index contributed by atoms with van der Waals surface area (Å²) in [5, 5.41) is 3.58. The summed E-state index contributed by atoms with van der Waals surface area (Å²) in [6.45, 7) is 5.49. The molecule has 1 aromatic rings. The van der Waals surface area contributed by atoms with Crippen LogP contribution in [0.3, 0.4) is 0 Å². The molecule has 1 unspecified atom stereocenters. The smallest absolute Gasteiger partial charge is 0.0320 e. The highest BCUT2D eigenvalue weighted by Gasteiger charge is 2.19. The number of nitrogens with one attached hydrogen (secondary N) is 1. The lowest BCUT2D eigenvalue weighted by atomic mass is 9.80. The number of hydrogen-bond acceptors (Lipinski definition) is 1. The van der Waals surface area contributed by atoms with Crippen LogP contribution in [0, 0.1) is 0 Å². The van der Waals surface area contributed by atoms with Crippen LogP contribution in [0.5, 0.6) is 0 Å². The molecule has 94 valence electrons. The topological polar surface area (TPSA) is 12.0 Å². The molecule has 0 aromatic heterocycles. The van der Waals surface area contributed by atoms with Gasteiger partial charge in [-0.1, -0.05) is 51.0 Å². The maximum atomic E-state index is 3.58. The van der Waals surface area contributed by atoms with Gasteiger partial charge in [0.1, 0.15) is 0 Å². The third-order valence-electron chi connectivity index (χ3n) is 3.94. The van der Waals surface area contributed by atoms with Crippen LogP contribution in [0.1, 0.15) is 69.0 Å². The second kappa shape index (κ2) is 6.20. The fraction of sp³-hybridized carbons (Fsp3) is 0.625. The van der Waals surface area contributed by atoms with Crippen LogP contribution >= 0.6 is 0 Å². The molecule has 2 rings (SSSR count). The summed E-state index contributed by atoms with van der Waals surface area (Å²) in [5.74, 6) is 0.854. The van der Waals surface area contributed by atoms with Gasteiger partial charge >= 0.3 is 0 Å².